The van der Waals surface area contributed by atoms with Gasteiger partial charge in [-0.3, -0.25) is 19.6 Å². The second kappa shape index (κ2) is 4.95. The monoisotopic (exact) mass is 316 g/mol. The highest BCUT2D eigenvalue weighted by Crippen LogP contribution is 2.57. The molecule has 0 spiro atoms. The van der Waals surface area contributed by atoms with E-state index in [1.807, 2.05) is 0 Å². The Morgan fingerprint density at radius 1 is 0.682 bits per heavy atom. The molecule has 2 aliphatic heterocycles. The van der Waals surface area contributed by atoms with E-state index in [1.54, 1.807) is 0 Å². The van der Waals surface area contributed by atoms with Crippen LogP contribution in [0.5, 0.6) is 0 Å². The number of hydrogen-bond acceptors (Lipinski definition) is 6. The first-order valence-corrected chi connectivity index (χ1v) is 7.18. The zero-order valence-corrected chi connectivity index (χ0v) is 12.1. The van der Waals surface area contributed by atoms with Crippen molar-refractivity contribution in [2.24, 2.45) is 0 Å². The lowest BCUT2D eigenvalue weighted by atomic mass is 9.78. The van der Waals surface area contributed by atoms with E-state index in [1.165, 1.54) is 0 Å². The molecule has 0 aromatic heterocycles. The molecule has 3 rings (SSSR count). The summed E-state index contributed by atoms with van der Waals surface area (Å²) in [5.74, 6) is 0. The molecule has 1 saturated carbocycles. The van der Waals surface area contributed by atoms with Crippen molar-refractivity contribution in [3.63, 3.8) is 0 Å². The summed E-state index contributed by atoms with van der Waals surface area (Å²) in [6.07, 6.45) is 2.07. The summed E-state index contributed by atoms with van der Waals surface area (Å²) in [5.41, 5.74) is -2.59. The van der Waals surface area contributed by atoms with Crippen LogP contribution in [-0.2, 0) is 0 Å². The lowest BCUT2D eigenvalue weighted by Gasteiger charge is -2.51. The van der Waals surface area contributed by atoms with Crippen LogP contribution in [0.15, 0.2) is 0 Å². The number of carbonyl (C=O) groups is 2. The maximum Gasteiger partial charge on any atom is 0.327 e. The molecule has 2 heterocycles. The Morgan fingerprint density at radius 3 is 1.18 bits per heavy atom. The van der Waals surface area contributed by atoms with Gasteiger partial charge in [0.05, 0.1) is 0 Å². The van der Waals surface area contributed by atoms with Crippen molar-refractivity contribution >= 4 is 12.1 Å². The first kappa shape index (κ1) is 15.3. The Labute approximate surface area is 126 Å². The highest BCUT2D eigenvalue weighted by molar-refractivity contribution is 5.88. The average Bonchev–Trinajstić information content (AvgIpc) is 2.86. The molecule has 10 nitrogen and oxygen atoms in total. The van der Waals surface area contributed by atoms with E-state index in [4.69, 9.17) is 0 Å². The van der Waals surface area contributed by atoms with Gasteiger partial charge in [0.2, 0.25) is 0 Å². The molecule has 0 atom stereocenters. The fourth-order valence-corrected chi connectivity index (χ4v) is 4.47. The molecule has 4 N–H and O–H groups in total. The molecule has 0 radical (unpaired) electrons. The van der Waals surface area contributed by atoms with Gasteiger partial charge >= 0.3 is 12.1 Å². The van der Waals surface area contributed by atoms with Crippen molar-refractivity contribution in [3.8, 4) is 0 Å². The predicted octanol–water partition coefficient (Wildman–Crippen LogP) is -1.77. The smallest absolute Gasteiger partial charge is 0.327 e. The molecule has 0 aromatic rings. The number of hydrogen-bond donors (Lipinski definition) is 4. The molecule has 3 fully saturated rings. The summed E-state index contributed by atoms with van der Waals surface area (Å²) in [6, 6.07) is -1.26. The number of urea groups is 2. The van der Waals surface area contributed by atoms with Crippen LogP contribution in [0.4, 0.5) is 9.59 Å². The molecule has 2 saturated heterocycles. The Balaban J connectivity index is 2.27. The highest BCUT2D eigenvalue weighted by atomic mass is 16.3. The molecule has 3 aliphatic rings. The minimum atomic E-state index is -1.30. The Morgan fingerprint density at radius 2 is 0.955 bits per heavy atom. The fourth-order valence-electron chi connectivity index (χ4n) is 4.47. The van der Waals surface area contributed by atoms with Gasteiger partial charge in [0.15, 0.2) is 11.3 Å². The molecule has 0 unspecified atom stereocenters. The Bertz CT molecular complexity index is 428. The second-order valence-electron chi connectivity index (χ2n) is 5.68. The minimum Gasteiger partial charge on any atom is -0.376 e. The van der Waals surface area contributed by atoms with E-state index in [9.17, 15) is 30.0 Å². The van der Waals surface area contributed by atoms with E-state index < -0.39 is 50.3 Å². The van der Waals surface area contributed by atoms with Crippen LogP contribution in [0, 0.1) is 0 Å². The van der Waals surface area contributed by atoms with Crippen LogP contribution in [0.3, 0.4) is 0 Å². The first-order valence-electron chi connectivity index (χ1n) is 7.18. The van der Waals surface area contributed by atoms with Gasteiger partial charge in [0.1, 0.15) is 26.9 Å². The summed E-state index contributed by atoms with van der Waals surface area (Å²) in [6.45, 7) is -2.61. The number of nitrogens with zero attached hydrogens (tertiary/aromatic N) is 4. The molecule has 0 aromatic carbocycles. The standard InChI is InChI=1S/C12H20N4O6/c17-5-13-9(21)15(7-19)12-4-2-1-3-11(12,13)14(6-18)10(22)16(12)8-20/h17-20H,1-8H2. The van der Waals surface area contributed by atoms with Crippen molar-refractivity contribution in [2.45, 2.75) is 37.0 Å². The van der Waals surface area contributed by atoms with Gasteiger partial charge in [-0.25, -0.2) is 9.59 Å². The fraction of sp³-hybridized carbons (Fsp3) is 0.833. The number of amides is 4. The van der Waals surface area contributed by atoms with Gasteiger partial charge in [-0.2, -0.15) is 0 Å². The van der Waals surface area contributed by atoms with Crippen molar-refractivity contribution in [1.82, 2.24) is 19.6 Å². The molecule has 4 amide bonds. The van der Waals surface area contributed by atoms with E-state index in [0.29, 0.717) is 25.7 Å². The third-order valence-electron chi connectivity index (χ3n) is 5.22. The van der Waals surface area contributed by atoms with Crippen molar-refractivity contribution < 1.29 is 30.0 Å². The van der Waals surface area contributed by atoms with Crippen LogP contribution in [0.1, 0.15) is 25.7 Å². The molecule has 1 aliphatic carbocycles. The molecular weight excluding hydrogens is 296 g/mol. The summed E-state index contributed by atoms with van der Waals surface area (Å²) in [7, 11) is 0. The number of aliphatic hydroxyl groups is 4. The topological polar surface area (TPSA) is 128 Å². The maximum absolute atomic E-state index is 12.6. The number of rotatable bonds is 4. The summed E-state index contributed by atoms with van der Waals surface area (Å²) in [4.78, 5) is 29.5. The van der Waals surface area contributed by atoms with Crippen LogP contribution in [0.25, 0.3) is 0 Å². The van der Waals surface area contributed by atoms with Crippen LogP contribution in [0.2, 0.25) is 0 Å². The largest absolute Gasteiger partial charge is 0.376 e. The third-order valence-corrected chi connectivity index (χ3v) is 5.22. The lowest BCUT2D eigenvalue weighted by Crippen LogP contribution is -2.69. The minimum absolute atomic E-state index is 0.346. The Hall–Kier alpha value is -1.62. The molecule has 22 heavy (non-hydrogen) atoms. The van der Waals surface area contributed by atoms with Crippen molar-refractivity contribution in [3.05, 3.63) is 0 Å². The summed E-state index contributed by atoms with van der Waals surface area (Å²) < 4.78 is 0. The van der Waals surface area contributed by atoms with Crippen molar-refractivity contribution in [1.29, 1.82) is 0 Å². The number of carbonyl (C=O) groups excluding carboxylic acids is 2. The van der Waals surface area contributed by atoms with E-state index in [0.717, 1.165) is 19.6 Å². The number of aliphatic hydroxyl groups excluding tert-OH is 4. The van der Waals surface area contributed by atoms with E-state index >= 15 is 0 Å². The van der Waals surface area contributed by atoms with Gasteiger partial charge in [-0.15, -0.1) is 0 Å². The lowest BCUT2D eigenvalue weighted by molar-refractivity contribution is -0.142. The van der Waals surface area contributed by atoms with E-state index in [2.05, 4.69) is 0 Å². The van der Waals surface area contributed by atoms with Gasteiger partial charge < -0.3 is 20.4 Å². The molecular formula is C12H20N4O6. The van der Waals surface area contributed by atoms with Gasteiger partial charge in [-0.1, -0.05) is 0 Å². The average molecular weight is 316 g/mol. The van der Waals surface area contributed by atoms with Gasteiger partial charge in [0.25, 0.3) is 0 Å². The molecule has 124 valence electrons. The predicted molar refractivity (Wildman–Crippen MR) is 70.4 cm³/mol. The van der Waals surface area contributed by atoms with Crippen LogP contribution in [-0.4, -0.2) is 90.3 Å². The summed E-state index contributed by atoms with van der Waals surface area (Å²) in [5, 5.41) is 38.7. The SMILES string of the molecule is O=C1N(CO)C23CCCCC2(N1CO)N(CO)C(=O)N3CO. The quantitative estimate of drug-likeness (QED) is 0.486. The van der Waals surface area contributed by atoms with Gasteiger partial charge in [0, 0.05) is 0 Å². The third kappa shape index (κ3) is 1.34. The Kier molecular flexibility index (Phi) is 3.44. The highest BCUT2D eigenvalue weighted by Gasteiger charge is 2.78. The van der Waals surface area contributed by atoms with Crippen LogP contribution >= 0.6 is 0 Å². The molecule has 10 heteroatoms. The zero-order chi connectivity index (χ0) is 16.1. The van der Waals surface area contributed by atoms with Crippen LogP contribution < -0.4 is 0 Å². The van der Waals surface area contributed by atoms with E-state index in [-0.39, 0.29) is 0 Å². The first-order chi connectivity index (χ1) is 10.6. The molecule has 0 bridgehead atoms. The maximum atomic E-state index is 12.6. The zero-order valence-electron chi connectivity index (χ0n) is 12.1. The second-order valence-corrected chi connectivity index (χ2v) is 5.68. The summed E-state index contributed by atoms with van der Waals surface area (Å²) >= 11 is 0. The normalized spacial score (nSPS) is 34.5. The van der Waals surface area contributed by atoms with Crippen molar-refractivity contribution in [2.75, 3.05) is 26.9 Å². The van der Waals surface area contributed by atoms with Gasteiger partial charge in [-0.05, 0) is 25.7 Å².